The van der Waals surface area contributed by atoms with Crippen molar-refractivity contribution in [1.82, 2.24) is 0 Å². The third-order valence-corrected chi connectivity index (χ3v) is 11.4. The van der Waals surface area contributed by atoms with Crippen LogP contribution < -0.4 is 0 Å². The van der Waals surface area contributed by atoms with E-state index in [0.717, 1.165) is 38.5 Å². The van der Waals surface area contributed by atoms with Crippen molar-refractivity contribution in [2.45, 2.75) is 88.9 Å². The summed E-state index contributed by atoms with van der Waals surface area (Å²) < 4.78 is 0. The number of rotatable bonds is 2. The van der Waals surface area contributed by atoms with Crippen molar-refractivity contribution in [2.24, 2.45) is 52.3 Å². The highest BCUT2D eigenvalue weighted by molar-refractivity contribution is 5.29. The van der Waals surface area contributed by atoms with Crippen molar-refractivity contribution in [3.63, 3.8) is 0 Å². The number of hydrogen-bond donors (Lipinski definition) is 3. The Hall–Kier alpha value is -0.630. The monoisotopic (exact) mass is 385 g/mol. The fraction of sp³-hybridized carbons (Fsp3) is 0.958. The van der Waals surface area contributed by atoms with Crippen LogP contribution in [0.3, 0.4) is 0 Å². The molecule has 6 aliphatic rings. The van der Waals surface area contributed by atoms with E-state index in [1.165, 1.54) is 0 Å². The highest BCUT2D eigenvalue weighted by Crippen LogP contribution is 2.82. The van der Waals surface area contributed by atoms with Crippen molar-refractivity contribution in [2.75, 3.05) is 0 Å². The van der Waals surface area contributed by atoms with Gasteiger partial charge in [0, 0.05) is 18.3 Å². The van der Waals surface area contributed by atoms with Gasteiger partial charge in [0.2, 0.25) is 0 Å². The summed E-state index contributed by atoms with van der Waals surface area (Å²) in [5.74, 6) is 3.66. The van der Waals surface area contributed by atoms with Crippen molar-refractivity contribution in [1.29, 1.82) is 5.26 Å². The largest absolute Gasteiger partial charge is 0.393 e. The second-order valence-corrected chi connectivity index (χ2v) is 12.0. The number of nitriles is 1. The summed E-state index contributed by atoms with van der Waals surface area (Å²) in [4.78, 5) is 0. The molecule has 6 saturated carbocycles. The number of aliphatic hydroxyl groups excluding tert-OH is 1. The Morgan fingerprint density at radius 3 is 2.43 bits per heavy atom. The average Bonchev–Trinajstić information content (AvgIpc) is 3.54. The molecular formula is C24H35NO3. The van der Waals surface area contributed by atoms with E-state index < -0.39 is 11.2 Å². The molecule has 5 unspecified atom stereocenters. The van der Waals surface area contributed by atoms with Gasteiger partial charge in [-0.2, -0.15) is 5.26 Å². The van der Waals surface area contributed by atoms with Crippen LogP contribution in [0, 0.1) is 63.6 Å². The van der Waals surface area contributed by atoms with E-state index in [-0.39, 0.29) is 16.9 Å². The Kier molecular flexibility index (Phi) is 3.35. The molecule has 6 aliphatic carbocycles. The summed E-state index contributed by atoms with van der Waals surface area (Å²) in [6, 6.07) is 2.28. The third kappa shape index (κ3) is 1.80. The normalized spacial score (nSPS) is 65.9. The summed E-state index contributed by atoms with van der Waals surface area (Å²) in [5, 5.41) is 43.1. The van der Waals surface area contributed by atoms with Crippen LogP contribution >= 0.6 is 0 Å². The Bertz CT molecular complexity index is 763. The maximum atomic E-state index is 11.8. The molecule has 0 spiro atoms. The fourth-order valence-electron chi connectivity index (χ4n) is 10.0. The third-order valence-electron chi connectivity index (χ3n) is 11.4. The van der Waals surface area contributed by atoms with Gasteiger partial charge in [0.1, 0.15) is 0 Å². The van der Waals surface area contributed by atoms with Crippen LogP contribution in [-0.2, 0) is 0 Å². The van der Waals surface area contributed by atoms with E-state index in [2.05, 4.69) is 19.9 Å². The van der Waals surface area contributed by atoms with Gasteiger partial charge in [-0.3, -0.25) is 0 Å². The van der Waals surface area contributed by atoms with Crippen LogP contribution in [0.15, 0.2) is 0 Å². The van der Waals surface area contributed by atoms with Gasteiger partial charge in [-0.25, -0.2) is 0 Å². The van der Waals surface area contributed by atoms with E-state index in [9.17, 15) is 15.3 Å². The van der Waals surface area contributed by atoms with Crippen molar-refractivity contribution in [3.8, 4) is 6.07 Å². The van der Waals surface area contributed by atoms with Gasteiger partial charge in [0.05, 0.1) is 23.4 Å². The lowest BCUT2D eigenvalue weighted by molar-refractivity contribution is -0.237. The molecule has 6 rings (SSSR count). The minimum atomic E-state index is -0.692. The standard InChI is InChI=1S/C24H35NO3/c1-21-7-4-13(26)12-24(21,28)17-10-14(17)19-16(21)5-8-22(2)20(19)15-11-18(15)23(22,27)6-3-9-25/h13-20,26-28H,3-8,10-12H2,1-2H3/t13-,14?,15+,16?,17+,18?,19?,20?,21+,22-,23-,24+/m0/s1. The summed E-state index contributed by atoms with van der Waals surface area (Å²) >= 11 is 0. The van der Waals surface area contributed by atoms with Gasteiger partial charge in [0.25, 0.3) is 0 Å². The van der Waals surface area contributed by atoms with Crippen LogP contribution in [0.5, 0.6) is 0 Å². The molecule has 154 valence electrons. The second-order valence-electron chi connectivity index (χ2n) is 12.0. The van der Waals surface area contributed by atoms with Gasteiger partial charge >= 0.3 is 0 Å². The molecule has 0 aliphatic heterocycles. The molecule has 0 aromatic heterocycles. The summed E-state index contributed by atoms with van der Waals surface area (Å²) in [6.07, 6.45) is 7.43. The lowest BCUT2D eigenvalue weighted by Crippen LogP contribution is -2.65. The molecule has 4 nitrogen and oxygen atoms in total. The molecule has 0 saturated heterocycles. The number of fused-ring (bicyclic) bond motifs is 10. The molecule has 4 heteroatoms. The highest BCUT2D eigenvalue weighted by Gasteiger charge is 2.81. The van der Waals surface area contributed by atoms with Gasteiger partial charge in [0.15, 0.2) is 0 Å². The number of nitrogens with zero attached hydrogens (tertiary/aromatic N) is 1. The zero-order valence-corrected chi connectivity index (χ0v) is 17.3. The Morgan fingerprint density at radius 1 is 0.964 bits per heavy atom. The Balaban J connectivity index is 1.39. The Labute approximate surface area is 168 Å². The summed E-state index contributed by atoms with van der Waals surface area (Å²) in [5.41, 5.74) is -1.51. The van der Waals surface area contributed by atoms with E-state index in [1.54, 1.807) is 0 Å². The smallest absolute Gasteiger partial charge is 0.0759 e. The van der Waals surface area contributed by atoms with Crippen LogP contribution in [-0.4, -0.2) is 32.6 Å². The maximum absolute atomic E-state index is 11.8. The number of hydrogen-bond acceptors (Lipinski definition) is 4. The second kappa shape index (κ2) is 5.16. The lowest BCUT2D eigenvalue weighted by Gasteiger charge is -2.64. The molecule has 0 aromatic rings. The molecule has 0 aromatic carbocycles. The molecule has 0 heterocycles. The predicted molar refractivity (Wildman–Crippen MR) is 104 cm³/mol. The van der Waals surface area contributed by atoms with Crippen LogP contribution in [0.25, 0.3) is 0 Å². The van der Waals surface area contributed by atoms with E-state index in [4.69, 9.17) is 5.26 Å². The van der Waals surface area contributed by atoms with Crippen molar-refractivity contribution < 1.29 is 15.3 Å². The average molecular weight is 386 g/mol. The van der Waals surface area contributed by atoms with Gasteiger partial charge in [-0.05, 0) is 91.8 Å². The van der Waals surface area contributed by atoms with Crippen LogP contribution in [0.4, 0.5) is 0 Å². The van der Waals surface area contributed by atoms with E-state index in [0.29, 0.717) is 60.7 Å². The molecule has 0 radical (unpaired) electrons. The van der Waals surface area contributed by atoms with Crippen molar-refractivity contribution >= 4 is 0 Å². The molecule has 0 bridgehead atoms. The first-order chi connectivity index (χ1) is 13.2. The first kappa shape index (κ1) is 18.2. The lowest BCUT2D eigenvalue weighted by atomic mass is 9.42. The maximum Gasteiger partial charge on any atom is 0.0759 e. The minimum absolute atomic E-state index is 0.0638. The minimum Gasteiger partial charge on any atom is -0.393 e. The SMILES string of the molecule is C[C@]12CCC3C(C4C[C@H]4[C@]4(O)C[C@@H](O)CC[C@]34C)C1[C@@H]1CC1[C@@]2(O)CCC#N. The Morgan fingerprint density at radius 2 is 1.68 bits per heavy atom. The zero-order chi connectivity index (χ0) is 19.7. The summed E-state index contributed by atoms with van der Waals surface area (Å²) in [6.45, 7) is 4.66. The number of aliphatic hydroxyl groups is 3. The topological polar surface area (TPSA) is 84.5 Å². The zero-order valence-electron chi connectivity index (χ0n) is 17.3. The fourth-order valence-corrected chi connectivity index (χ4v) is 10.0. The summed E-state index contributed by atoms with van der Waals surface area (Å²) in [7, 11) is 0. The first-order valence-electron chi connectivity index (χ1n) is 11.7. The predicted octanol–water partition coefficient (Wildman–Crippen LogP) is 3.25. The van der Waals surface area contributed by atoms with Gasteiger partial charge < -0.3 is 15.3 Å². The quantitative estimate of drug-likeness (QED) is 0.681. The molecule has 3 N–H and O–H groups in total. The van der Waals surface area contributed by atoms with Gasteiger partial charge in [-0.15, -0.1) is 0 Å². The molecule has 0 amide bonds. The van der Waals surface area contributed by atoms with Gasteiger partial charge in [-0.1, -0.05) is 13.8 Å². The molecular weight excluding hydrogens is 350 g/mol. The van der Waals surface area contributed by atoms with Crippen LogP contribution in [0.2, 0.25) is 0 Å². The molecule has 28 heavy (non-hydrogen) atoms. The van der Waals surface area contributed by atoms with Crippen molar-refractivity contribution in [3.05, 3.63) is 0 Å². The van der Waals surface area contributed by atoms with E-state index in [1.807, 2.05) is 0 Å². The highest BCUT2D eigenvalue weighted by atomic mass is 16.3. The van der Waals surface area contributed by atoms with E-state index >= 15 is 0 Å². The first-order valence-corrected chi connectivity index (χ1v) is 11.7. The molecule has 6 fully saturated rings. The molecule has 12 atom stereocenters. The van der Waals surface area contributed by atoms with Crippen LogP contribution in [0.1, 0.15) is 71.6 Å².